The van der Waals surface area contributed by atoms with Crippen LogP contribution in [0.4, 0.5) is 0 Å². The Morgan fingerprint density at radius 1 is 1.15 bits per heavy atom. The minimum atomic E-state index is 0. The maximum atomic E-state index is 10.3. The number of nitrogens with one attached hydrogen (secondary N) is 1. The number of aromatic nitrogens is 2. The summed E-state index contributed by atoms with van der Waals surface area (Å²) in [6.45, 7) is 27.4. The minimum Gasteiger partial charge on any atom is -0.506 e. The fourth-order valence-electron chi connectivity index (χ4n) is 5.02. The smallest absolute Gasteiger partial charge is 0.141 e. The number of hydrogen-bond acceptors (Lipinski definition) is 3. The van der Waals surface area contributed by atoms with Crippen molar-refractivity contribution in [2.45, 2.75) is 101 Å². The van der Waals surface area contributed by atoms with Gasteiger partial charge >= 0.3 is 0 Å². The van der Waals surface area contributed by atoms with E-state index < -0.39 is 0 Å². The number of nitrogens with zero attached hydrogens (tertiary/aromatic N) is 1. The van der Waals surface area contributed by atoms with Crippen LogP contribution >= 0.6 is 0 Å². The first-order valence-corrected chi connectivity index (χ1v) is 14.7. The Balaban J connectivity index is 0.000000411. The topological polar surface area (TPSA) is 75.7 Å². The molecule has 6 heteroatoms. The van der Waals surface area contributed by atoms with E-state index in [0.717, 1.165) is 58.9 Å². The number of rotatable bonds is 7. The quantitative estimate of drug-likeness (QED) is 0.172. The molecule has 1 aliphatic heterocycles. The number of aryl methyl sites for hydroxylation is 1. The Hall–Kier alpha value is -1.87. The summed E-state index contributed by atoms with van der Waals surface area (Å²) in [5.41, 5.74) is 14.1. The largest absolute Gasteiger partial charge is 0.506 e. The van der Waals surface area contributed by atoms with Crippen LogP contribution in [0.25, 0.3) is 34.0 Å². The number of benzene rings is 1. The van der Waals surface area contributed by atoms with E-state index in [9.17, 15) is 5.11 Å². The zero-order valence-corrected chi connectivity index (χ0v) is 30.6. The molecule has 0 radical (unpaired) electrons. The van der Waals surface area contributed by atoms with Gasteiger partial charge in [0.2, 0.25) is 0 Å². The number of aromatic amines is 1. The van der Waals surface area contributed by atoms with Crippen molar-refractivity contribution < 1.29 is 41.0 Å². The van der Waals surface area contributed by atoms with Gasteiger partial charge in [0.1, 0.15) is 11.3 Å². The van der Waals surface area contributed by atoms with Gasteiger partial charge in [0.25, 0.3) is 0 Å². The van der Waals surface area contributed by atoms with Gasteiger partial charge in [-0.3, -0.25) is 6.58 Å². The van der Waals surface area contributed by atoms with E-state index in [1.807, 2.05) is 13.0 Å². The Labute approximate surface area is 266 Å². The van der Waals surface area contributed by atoms with Crippen LogP contribution < -0.4 is 16.3 Å². The Bertz CT molecular complexity index is 1410. The summed E-state index contributed by atoms with van der Waals surface area (Å²) in [6.07, 6.45) is 11.2. The van der Waals surface area contributed by atoms with Crippen LogP contribution in [0.3, 0.4) is 0 Å². The second kappa shape index (κ2) is 16.5. The fourth-order valence-corrected chi connectivity index (χ4v) is 5.02. The molecule has 4 N–H and O–H groups in total. The number of allylic oxidation sites excluding steroid dienone is 2. The number of ether oxygens (including phenoxy) is 1. The molecule has 1 fully saturated rings. The molecule has 220 valence electrons. The van der Waals surface area contributed by atoms with E-state index in [4.69, 9.17) is 17.0 Å². The number of phenolic OH excluding ortho intramolecular Hbond substituents is 1. The van der Waals surface area contributed by atoms with Gasteiger partial charge in [-0.1, -0.05) is 75.6 Å². The predicted octanol–water partition coefficient (Wildman–Crippen LogP) is 7.51. The van der Waals surface area contributed by atoms with Gasteiger partial charge in [0.15, 0.2) is 0 Å². The maximum absolute atomic E-state index is 10.3. The molecule has 40 heavy (non-hydrogen) atoms. The standard InChI is InChI=1S/C20H24N3O.C7H14O.C7H14.U/c1-6-8-14-16(13(5)21)20-22-17-15(24)10-9-12(4)19(17)23(20)18(14)11(3)7-2;1-3-7(4-2)5-8-6-7;1-4-6-7(3)5-2;/h5,8-10,22,24H,6-7,21H2,1-4H3;3-6H2,1-2H3;5H,4,6H2,1-3H3;/q-1;;;/b14-8+,18-11?;;7-5+;. The molecule has 1 aromatic carbocycles. The van der Waals surface area contributed by atoms with Crippen LogP contribution in [0, 0.1) is 50.0 Å². The molecule has 0 unspecified atom stereocenters. The molecule has 5 nitrogen and oxygen atoms in total. The molecule has 3 aromatic rings. The number of aromatic hydroxyl groups is 1. The zero-order valence-electron chi connectivity index (χ0n) is 26.4. The normalized spacial score (nSPS) is 15.4. The van der Waals surface area contributed by atoms with Gasteiger partial charge in [0.05, 0.1) is 18.7 Å². The SMILES string of the molecule is C/C=C(\C)CCC.CCC1(CC)COC1.[CH-]=C(N)c1/c(=C\CC)c(=C(C)CC)n2c1[nH]c1c(O)ccc(C)c12.[U]. The van der Waals surface area contributed by atoms with Crippen molar-refractivity contribution in [2.75, 3.05) is 13.2 Å². The van der Waals surface area contributed by atoms with E-state index >= 15 is 0 Å². The van der Waals surface area contributed by atoms with Gasteiger partial charge in [-0.05, 0) is 71.4 Å². The van der Waals surface area contributed by atoms with Crippen LogP contribution in [0.2, 0.25) is 0 Å². The molecule has 1 aliphatic rings. The van der Waals surface area contributed by atoms with Crippen LogP contribution in [0.15, 0.2) is 23.8 Å². The van der Waals surface area contributed by atoms with E-state index in [1.165, 1.54) is 36.8 Å². The van der Waals surface area contributed by atoms with Crippen molar-refractivity contribution in [1.29, 1.82) is 0 Å². The molecule has 0 aliphatic carbocycles. The molecular weight excluding hydrogens is 720 g/mol. The first-order valence-electron chi connectivity index (χ1n) is 14.7. The number of phenols is 1. The Kier molecular flexibility index (Phi) is 15.0. The molecule has 0 saturated carbocycles. The van der Waals surface area contributed by atoms with Crippen molar-refractivity contribution in [2.24, 2.45) is 11.1 Å². The second-order valence-electron chi connectivity index (χ2n) is 10.9. The van der Waals surface area contributed by atoms with E-state index in [2.05, 4.69) is 76.9 Å². The molecule has 0 bridgehead atoms. The van der Waals surface area contributed by atoms with Crippen molar-refractivity contribution in [3.8, 4) is 5.75 Å². The maximum Gasteiger partial charge on any atom is 0.141 e. The average Bonchev–Trinajstić information content (AvgIpc) is 3.42. The summed E-state index contributed by atoms with van der Waals surface area (Å²) in [6, 6.07) is 3.63. The molecule has 4 rings (SSSR count). The number of hydrogen-bond donors (Lipinski definition) is 3. The van der Waals surface area contributed by atoms with Crippen LogP contribution in [-0.2, 0) is 4.74 Å². The third-order valence-electron chi connectivity index (χ3n) is 8.12. The molecule has 0 amide bonds. The first-order chi connectivity index (χ1) is 18.6. The van der Waals surface area contributed by atoms with Gasteiger partial charge in [0, 0.05) is 47.5 Å². The summed E-state index contributed by atoms with van der Waals surface area (Å²) >= 11 is 0. The van der Waals surface area contributed by atoms with Crippen molar-refractivity contribution in [1.82, 2.24) is 9.38 Å². The van der Waals surface area contributed by atoms with Gasteiger partial charge < -0.3 is 25.0 Å². The van der Waals surface area contributed by atoms with Crippen molar-refractivity contribution in [3.63, 3.8) is 0 Å². The van der Waals surface area contributed by atoms with Gasteiger partial charge in [-0.25, -0.2) is 0 Å². The molecule has 0 atom stereocenters. The Morgan fingerprint density at radius 3 is 2.15 bits per heavy atom. The second-order valence-corrected chi connectivity index (χ2v) is 10.9. The summed E-state index contributed by atoms with van der Waals surface area (Å²) in [4.78, 5) is 3.33. The summed E-state index contributed by atoms with van der Waals surface area (Å²) in [7, 11) is 0. The monoisotopic (exact) mass is 772 g/mol. The number of nitrogens with two attached hydrogens (primary N) is 1. The first kappa shape index (κ1) is 36.2. The third-order valence-corrected chi connectivity index (χ3v) is 8.12. The molecular formula is C34H52N3O2U-. The minimum absolute atomic E-state index is 0. The molecule has 3 heterocycles. The number of fused-ring (bicyclic) bond motifs is 3. The van der Waals surface area contributed by atoms with Gasteiger partial charge in [-0.15, -0.1) is 11.3 Å². The number of H-pyrrole nitrogens is 1. The Morgan fingerprint density at radius 2 is 1.77 bits per heavy atom. The van der Waals surface area contributed by atoms with Crippen LogP contribution in [0.5, 0.6) is 5.75 Å². The third kappa shape index (κ3) is 7.90. The number of imidazole rings is 1. The van der Waals surface area contributed by atoms with Crippen molar-refractivity contribution in [3.05, 3.63) is 52.1 Å². The summed E-state index contributed by atoms with van der Waals surface area (Å²) in [5.74, 6) is 0.224. The summed E-state index contributed by atoms with van der Waals surface area (Å²) in [5, 5.41) is 12.4. The van der Waals surface area contributed by atoms with E-state index in [0.29, 0.717) is 10.9 Å². The van der Waals surface area contributed by atoms with E-state index in [1.54, 1.807) is 6.07 Å². The molecule has 2 aromatic heterocycles. The van der Waals surface area contributed by atoms with Crippen LogP contribution in [0.1, 0.15) is 105 Å². The van der Waals surface area contributed by atoms with Crippen molar-refractivity contribution >= 4 is 34.0 Å². The zero-order chi connectivity index (χ0) is 29.3. The van der Waals surface area contributed by atoms with E-state index in [-0.39, 0.29) is 42.6 Å². The fraction of sp³-hybridized carbons (Fsp3) is 0.529. The summed E-state index contributed by atoms with van der Waals surface area (Å²) < 4.78 is 7.27. The average molecular weight is 773 g/mol. The van der Waals surface area contributed by atoms with Gasteiger partial charge in [-0.2, -0.15) is 0 Å². The van der Waals surface area contributed by atoms with Crippen LogP contribution in [-0.4, -0.2) is 27.7 Å². The predicted molar refractivity (Wildman–Crippen MR) is 169 cm³/mol. The molecule has 0 spiro atoms. The molecule has 1 saturated heterocycles.